The van der Waals surface area contributed by atoms with Gasteiger partial charge in [-0.3, -0.25) is 9.59 Å². The predicted molar refractivity (Wildman–Crippen MR) is 43.6 cm³/mol. The van der Waals surface area contributed by atoms with Crippen molar-refractivity contribution < 1.29 is 23.6 Å². The number of furan rings is 1. The van der Waals surface area contributed by atoms with Crippen LogP contribution in [0, 0.1) is 0 Å². The molecule has 74 valence electrons. The zero-order valence-corrected chi connectivity index (χ0v) is 7.09. The highest BCUT2D eigenvalue weighted by molar-refractivity contribution is 6.07. The molecule has 0 fully saturated rings. The van der Waals surface area contributed by atoms with E-state index in [0.717, 1.165) is 24.5 Å². The summed E-state index contributed by atoms with van der Waals surface area (Å²) >= 11 is 0. The lowest BCUT2D eigenvalue weighted by molar-refractivity contribution is 0.0950. The Labute approximate surface area is 82.1 Å². The molecule has 1 aromatic heterocycles. The highest BCUT2D eigenvalue weighted by Crippen LogP contribution is 2.12. The summed E-state index contributed by atoms with van der Waals surface area (Å²) in [5.41, 5.74) is -0.262. The van der Waals surface area contributed by atoms with E-state index in [1.54, 1.807) is 0 Å². The molecule has 0 spiro atoms. The lowest BCUT2D eigenvalue weighted by Crippen LogP contribution is -2.02. The van der Waals surface area contributed by atoms with Crippen LogP contribution in [0.5, 0.6) is 0 Å². The van der Waals surface area contributed by atoms with Gasteiger partial charge >= 0.3 is 5.91 Å². The Morgan fingerprint density at radius 2 is 1.73 bits per heavy atom. The normalized spacial score (nSPS) is 8.53. The molecule has 1 heterocycles. The average Bonchev–Trinajstić information content (AvgIpc) is 2.66. The fraction of sp³-hybridized carbons (Fsp3) is 0. The van der Waals surface area contributed by atoms with Crippen molar-refractivity contribution in [3.05, 3.63) is 23.7 Å². The Balaban J connectivity index is 3.17. The van der Waals surface area contributed by atoms with E-state index >= 15 is 0 Å². The molecule has 2 amide bonds. The summed E-state index contributed by atoms with van der Waals surface area (Å²) in [6.07, 6.45) is 3.05. The van der Waals surface area contributed by atoms with Crippen LogP contribution in [0.15, 0.2) is 26.7 Å². The number of aliphatic imine (C=N–C) groups is 2. The second-order valence-electron chi connectivity index (χ2n) is 2.18. The number of isocyanates is 2. The van der Waals surface area contributed by atoms with Gasteiger partial charge < -0.3 is 4.42 Å². The molecule has 15 heavy (non-hydrogen) atoms. The summed E-state index contributed by atoms with van der Waals surface area (Å²) in [5, 5.41) is 0. The maximum absolute atomic E-state index is 11.1. The van der Waals surface area contributed by atoms with E-state index in [1.165, 1.54) is 0 Å². The van der Waals surface area contributed by atoms with E-state index in [9.17, 15) is 19.2 Å². The SMILES string of the molecule is O=C=NC(=O)c1ccoc1C(=O)N=C=O. The van der Waals surface area contributed by atoms with Gasteiger partial charge in [0.1, 0.15) is 0 Å². The molecule has 0 bridgehead atoms. The topological polar surface area (TPSA) is 106 Å². The largest absolute Gasteiger partial charge is 0.458 e. The molecule has 7 heteroatoms. The number of hydrogen-bond donors (Lipinski definition) is 0. The fourth-order valence-electron chi connectivity index (χ4n) is 0.837. The Bertz CT molecular complexity index is 458. The minimum Gasteiger partial charge on any atom is -0.458 e. The Hall–Kier alpha value is -2.62. The predicted octanol–water partition coefficient (Wildman–Crippen LogP) is 0.232. The summed E-state index contributed by atoms with van der Waals surface area (Å²) in [6.45, 7) is 0. The van der Waals surface area contributed by atoms with Gasteiger partial charge in [-0.15, -0.1) is 9.98 Å². The molecule has 0 aliphatic carbocycles. The molecule has 7 nitrogen and oxygen atoms in total. The highest BCUT2D eigenvalue weighted by atomic mass is 16.3. The Morgan fingerprint density at radius 1 is 1.13 bits per heavy atom. The van der Waals surface area contributed by atoms with Crippen LogP contribution in [0.2, 0.25) is 0 Å². The molecular formula is C8H2N2O5. The molecular weight excluding hydrogens is 204 g/mol. The van der Waals surface area contributed by atoms with E-state index in [1.807, 2.05) is 0 Å². The van der Waals surface area contributed by atoms with Gasteiger partial charge in [0.05, 0.1) is 11.8 Å². The number of amides is 2. The van der Waals surface area contributed by atoms with Gasteiger partial charge in [0.15, 0.2) is 0 Å². The average molecular weight is 206 g/mol. The van der Waals surface area contributed by atoms with Crippen molar-refractivity contribution in [2.24, 2.45) is 9.98 Å². The third-order valence-corrected chi connectivity index (χ3v) is 1.38. The van der Waals surface area contributed by atoms with Crippen LogP contribution in [-0.4, -0.2) is 24.0 Å². The zero-order valence-electron chi connectivity index (χ0n) is 7.09. The number of carbonyl (C=O) groups excluding carboxylic acids is 4. The van der Waals surface area contributed by atoms with E-state index in [2.05, 4.69) is 14.4 Å². The second kappa shape index (κ2) is 4.57. The van der Waals surface area contributed by atoms with Gasteiger partial charge in [0.25, 0.3) is 5.91 Å². The first-order valence-electron chi connectivity index (χ1n) is 3.52. The number of hydrogen-bond acceptors (Lipinski definition) is 5. The zero-order chi connectivity index (χ0) is 11.3. The van der Waals surface area contributed by atoms with Gasteiger partial charge in [-0.2, -0.15) is 0 Å². The van der Waals surface area contributed by atoms with Crippen LogP contribution in [-0.2, 0) is 9.59 Å². The first-order valence-corrected chi connectivity index (χ1v) is 3.52. The standard InChI is InChI=1S/C8H2N2O5/c11-3-9-7(13)5-1-2-15-6(5)8(14)10-4-12/h1-2H. The lowest BCUT2D eigenvalue weighted by atomic mass is 10.2. The lowest BCUT2D eigenvalue weighted by Gasteiger charge is -1.89. The van der Waals surface area contributed by atoms with Crippen LogP contribution in [0.3, 0.4) is 0 Å². The van der Waals surface area contributed by atoms with Gasteiger partial charge in [-0.25, -0.2) is 9.59 Å². The maximum atomic E-state index is 11.1. The number of rotatable bonds is 2. The monoisotopic (exact) mass is 206 g/mol. The molecule has 0 atom stereocenters. The third-order valence-electron chi connectivity index (χ3n) is 1.38. The highest BCUT2D eigenvalue weighted by Gasteiger charge is 2.20. The first kappa shape index (κ1) is 10.5. The molecule has 1 rings (SSSR count). The molecule has 0 unspecified atom stereocenters. The molecule has 0 N–H and O–H groups in total. The van der Waals surface area contributed by atoms with Crippen molar-refractivity contribution in [3.8, 4) is 0 Å². The number of nitrogens with zero attached hydrogens (tertiary/aromatic N) is 2. The van der Waals surface area contributed by atoms with Crippen LogP contribution >= 0.6 is 0 Å². The van der Waals surface area contributed by atoms with Crippen LogP contribution < -0.4 is 0 Å². The molecule has 0 aliphatic rings. The van der Waals surface area contributed by atoms with Crippen LogP contribution in [0.25, 0.3) is 0 Å². The summed E-state index contributed by atoms with van der Waals surface area (Å²) in [5.74, 6) is -2.54. The minimum absolute atomic E-state index is 0.262. The summed E-state index contributed by atoms with van der Waals surface area (Å²) in [6, 6.07) is 1.12. The molecule has 0 aliphatic heterocycles. The fourth-order valence-corrected chi connectivity index (χ4v) is 0.837. The minimum atomic E-state index is -1.07. The van der Waals surface area contributed by atoms with Crippen LogP contribution in [0.1, 0.15) is 20.9 Å². The van der Waals surface area contributed by atoms with Crippen molar-refractivity contribution >= 4 is 24.0 Å². The molecule has 0 radical (unpaired) electrons. The Kier molecular flexibility index (Phi) is 3.19. The van der Waals surface area contributed by atoms with Crippen molar-refractivity contribution in [3.63, 3.8) is 0 Å². The quantitative estimate of drug-likeness (QED) is 0.508. The van der Waals surface area contributed by atoms with E-state index in [0.29, 0.717) is 0 Å². The molecule has 0 aromatic carbocycles. The van der Waals surface area contributed by atoms with Gasteiger partial charge in [0, 0.05) is 0 Å². The first-order chi connectivity index (χ1) is 7.20. The second-order valence-corrected chi connectivity index (χ2v) is 2.18. The maximum Gasteiger partial charge on any atom is 0.324 e. The summed E-state index contributed by atoms with van der Waals surface area (Å²) < 4.78 is 4.61. The molecule has 0 saturated heterocycles. The molecule has 0 saturated carbocycles. The molecule has 1 aromatic rings. The summed E-state index contributed by atoms with van der Waals surface area (Å²) in [4.78, 5) is 47.2. The van der Waals surface area contributed by atoms with E-state index in [4.69, 9.17) is 0 Å². The smallest absolute Gasteiger partial charge is 0.324 e. The van der Waals surface area contributed by atoms with E-state index < -0.39 is 17.6 Å². The van der Waals surface area contributed by atoms with Gasteiger partial charge in [0.2, 0.25) is 17.9 Å². The number of carbonyl (C=O) groups is 2. The van der Waals surface area contributed by atoms with Crippen molar-refractivity contribution in [2.45, 2.75) is 0 Å². The van der Waals surface area contributed by atoms with Crippen molar-refractivity contribution in [2.75, 3.05) is 0 Å². The van der Waals surface area contributed by atoms with Crippen molar-refractivity contribution in [1.29, 1.82) is 0 Å². The van der Waals surface area contributed by atoms with Gasteiger partial charge in [-0.1, -0.05) is 0 Å². The van der Waals surface area contributed by atoms with Crippen molar-refractivity contribution in [1.82, 2.24) is 0 Å². The van der Waals surface area contributed by atoms with E-state index in [-0.39, 0.29) is 5.56 Å². The van der Waals surface area contributed by atoms with Crippen LogP contribution in [0.4, 0.5) is 0 Å². The summed E-state index contributed by atoms with van der Waals surface area (Å²) in [7, 11) is 0. The van der Waals surface area contributed by atoms with Gasteiger partial charge in [-0.05, 0) is 6.07 Å². The third kappa shape index (κ3) is 2.19. The Morgan fingerprint density at radius 3 is 2.33 bits per heavy atom.